The van der Waals surface area contributed by atoms with Crippen molar-refractivity contribution >= 4 is 16.7 Å². The third-order valence-electron chi connectivity index (χ3n) is 8.59. The van der Waals surface area contributed by atoms with Crippen LogP contribution in [0, 0.1) is 6.92 Å². The first-order chi connectivity index (χ1) is 18.6. The zero-order chi connectivity index (χ0) is 25.9. The average molecular weight is 487 g/mol. The van der Waals surface area contributed by atoms with Gasteiger partial charge in [-0.2, -0.15) is 0 Å². The minimum atomic E-state index is -0.375. The quantitative estimate of drug-likeness (QED) is 0.233. The smallest absolute Gasteiger partial charge is 0.0622 e. The normalized spacial score (nSPS) is 19.7. The molecule has 182 valence electrons. The third kappa shape index (κ3) is 3.04. The van der Waals surface area contributed by atoms with E-state index in [1.54, 1.807) is 0 Å². The molecule has 1 spiro atoms. The Morgan fingerprint density at radius 1 is 0.474 bits per heavy atom. The van der Waals surface area contributed by atoms with Crippen LogP contribution >= 0.6 is 0 Å². The molecule has 2 aliphatic carbocycles. The second-order valence-corrected chi connectivity index (χ2v) is 10.6. The van der Waals surface area contributed by atoms with Crippen LogP contribution in [0.3, 0.4) is 0 Å². The largest absolute Gasteiger partial charge is 0.0728 e. The van der Waals surface area contributed by atoms with E-state index in [2.05, 4.69) is 148 Å². The van der Waals surface area contributed by atoms with Gasteiger partial charge in [0, 0.05) is 0 Å². The Hall–Kier alpha value is -4.42. The van der Waals surface area contributed by atoms with Gasteiger partial charge in [-0.05, 0) is 87.6 Å². The molecule has 0 bridgehead atoms. The highest BCUT2D eigenvalue weighted by molar-refractivity contribution is 6.11. The van der Waals surface area contributed by atoms with Gasteiger partial charge in [-0.15, -0.1) is 0 Å². The number of allylic oxidation sites excluding steroid dienone is 4. The van der Waals surface area contributed by atoms with Crippen LogP contribution in [0.1, 0.15) is 52.8 Å². The summed E-state index contributed by atoms with van der Waals surface area (Å²) in [6, 6.07) is 47.0. The predicted octanol–water partition coefficient (Wildman–Crippen LogP) is 9.73. The molecule has 0 radical (unpaired) electrons. The Kier molecular flexibility index (Phi) is 5.13. The molecule has 0 saturated heterocycles. The lowest BCUT2D eigenvalue weighted by atomic mass is 9.68. The Labute approximate surface area is 225 Å². The van der Waals surface area contributed by atoms with Crippen LogP contribution in [0.2, 0.25) is 0 Å². The first kappa shape index (κ1) is 22.8. The molecular weight excluding hydrogens is 456 g/mol. The fraction of sp³-hybridized carbons (Fsp3) is 0.105. The molecule has 0 N–H and O–H groups in total. The van der Waals surface area contributed by atoms with Crippen molar-refractivity contribution in [2.45, 2.75) is 26.2 Å². The molecule has 38 heavy (non-hydrogen) atoms. The highest BCUT2D eigenvalue weighted by atomic mass is 14.5. The average Bonchev–Trinajstić information content (AvgIpc) is 3.44. The van der Waals surface area contributed by atoms with E-state index >= 15 is 0 Å². The number of hydrogen-bond donors (Lipinski definition) is 0. The Morgan fingerprint density at radius 2 is 0.974 bits per heavy atom. The molecule has 0 fully saturated rings. The van der Waals surface area contributed by atoms with Gasteiger partial charge in [-0.25, -0.2) is 0 Å². The molecule has 5 aromatic carbocycles. The third-order valence-corrected chi connectivity index (χ3v) is 8.59. The zero-order valence-corrected chi connectivity index (χ0v) is 22.1. The number of fused-ring (bicyclic) bond motifs is 7. The second-order valence-electron chi connectivity index (χ2n) is 10.6. The maximum atomic E-state index is 2.44. The summed E-state index contributed by atoms with van der Waals surface area (Å²) in [5.74, 6) is 0. The lowest BCUT2D eigenvalue weighted by Gasteiger charge is -2.33. The van der Waals surface area contributed by atoms with Gasteiger partial charge in [0.25, 0.3) is 0 Å². The maximum Gasteiger partial charge on any atom is 0.0728 e. The summed E-state index contributed by atoms with van der Waals surface area (Å²) in [5.41, 5.74) is 17.1. The standard InChI is InChI=1S/C38H30/c1-25-22-23-31-30-18-10-12-20-33(30)38(35(31)24-25)34-21-13-11-19-32(34)36(26(2)28-14-6-4-7-15-28)37(38)27(3)29-16-8-5-9-17-29/h4-24H,1-3H3/b36-26+,37-27?. The molecular formula is C38H30. The predicted molar refractivity (Wildman–Crippen MR) is 161 cm³/mol. The minimum absolute atomic E-state index is 0.375. The van der Waals surface area contributed by atoms with E-state index in [9.17, 15) is 0 Å². The molecule has 1 atom stereocenters. The number of benzene rings is 5. The molecule has 1 unspecified atom stereocenters. The van der Waals surface area contributed by atoms with Gasteiger partial charge in [0.15, 0.2) is 0 Å². The SMILES string of the molecule is CC(=C1/C(=C(\C)c2ccccc2)c2ccccc2C12c1ccccc1-c1ccc(C)cc12)c1ccccc1. The molecule has 0 aromatic heterocycles. The van der Waals surface area contributed by atoms with Gasteiger partial charge in [-0.1, -0.05) is 133 Å². The van der Waals surface area contributed by atoms with E-state index < -0.39 is 0 Å². The fourth-order valence-corrected chi connectivity index (χ4v) is 6.96. The topological polar surface area (TPSA) is 0 Å². The van der Waals surface area contributed by atoms with Gasteiger partial charge in [0.05, 0.1) is 5.41 Å². The molecule has 0 nitrogen and oxygen atoms in total. The van der Waals surface area contributed by atoms with Gasteiger partial charge in [-0.3, -0.25) is 0 Å². The summed E-state index contributed by atoms with van der Waals surface area (Å²) in [6.45, 7) is 6.85. The lowest BCUT2D eigenvalue weighted by molar-refractivity contribution is 0.795. The van der Waals surface area contributed by atoms with Gasteiger partial charge in [0.2, 0.25) is 0 Å². The van der Waals surface area contributed by atoms with Gasteiger partial charge >= 0.3 is 0 Å². The molecule has 7 rings (SSSR count). The fourth-order valence-electron chi connectivity index (χ4n) is 6.96. The van der Waals surface area contributed by atoms with E-state index in [1.807, 2.05) is 0 Å². The molecule has 0 heterocycles. The Balaban J connectivity index is 1.72. The molecule has 5 aromatic rings. The summed E-state index contributed by atoms with van der Waals surface area (Å²) in [4.78, 5) is 0. The monoisotopic (exact) mass is 486 g/mol. The minimum Gasteiger partial charge on any atom is -0.0622 e. The van der Waals surface area contributed by atoms with Crippen molar-refractivity contribution in [1.29, 1.82) is 0 Å². The van der Waals surface area contributed by atoms with Crippen LogP contribution in [0.4, 0.5) is 0 Å². The maximum absolute atomic E-state index is 2.44. The first-order valence-electron chi connectivity index (χ1n) is 13.5. The van der Waals surface area contributed by atoms with Crippen LogP contribution in [0.5, 0.6) is 0 Å². The van der Waals surface area contributed by atoms with E-state index in [-0.39, 0.29) is 5.41 Å². The number of hydrogen-bond acceptors (Lipinski definition) is 0. The highest BCUT2D eigenvalue weighted by Gasteiger charge is 2.54. The second kappa shape index (κ2) is 8.57. The molecule has 0 amide bonds. The van der Waals surface area contributed by atoms with Crippen molar-refractivity contribution in [3.8, 4) is 11.1 Å². The van der Waals surface area contributed by atoms with Crippen molar-refractivity contribution in [2.75, 3.05) is 0 Å². The van der Waals surface area contributed by atoms with E-state index in [0.29, 0.717) is 0 Å². The summed E-state index contributed by atoms with van der Waals surface area (Å²) in [6.07, 6.45) is 0. The summed E-state index contributed by atoms with van der Waals surface area (Å²) in [7, 11) is 0. The molecule has 0 heteroatoms. The first-order valence-corrected chi connectivity index (χ1v) is 13.5. The van der Waals surface area contributed by atoms with E-state index in [0.717, 1.165) is 0 Å². The molecule has 0 aliphatic heterocycles. The van der Waals surface area contributed by atoms with Crippen LogP contribution in [-0.2, 0) is 5.41 Å². The Morgan fingerprint density at radius 3 is 1.63 bits per heavy atom. The lowest BCUT2D eigenvalue weighted by Crippen LogP contribution is -2.27. The number of rotatable bonds is 2. The van der Waals surface area contributed by atoms with E-state index in [1.165, 1.54) is 72.4 Å². The van der Waals surface area contributed by atoms with Crippen LogP contribution in [0.15, 0.2) is 133 Å². The zero-order valence-electron chi connectivity index (χ0n) is 22.1. The van der Waals surface area contributed by atoms with Crippen LogP contribution in [0.25, 0.3) is 27.8 Å². The van der Waals surface area contributed by atoms with Crippen molar-refractivity contribution in [3.05, 3.63) is 172 Å². The highest BCUT2D eigenvalue weighted by Crippen LogP contribution is 2.66. The Bertz CT molecular complexity index is 1770. The number of aryl methyl sites for hydroxylation is 1. The van der Waals surface area contributed by atoms with Crippen molar-refractivity contribution in [1.82, 2.24) is 0 Å². The van der Waals surface area contributed by atoms with Crippen LogP contribution < -0.4 is 0 Å². The summed E-state index contributed by atoms with van der Waals surface area (Å²) >= 11 is 0. The molecule has 0 saturated carbocycles. The molecule has 2 aliphatic rings. The van der Waals surface area contributed by atoms with Crippen molar-refractivity contribution in [3.63, 3.8) is 0 Å². The van der Waals surface area contributed by atoms with Gasteiger partial charge in [0.1, 0.15) is 0 Å². The summed E-state index contributed by atoms with van der Waals surface area (Å²) < 4.78 is 0. The van der Waals surface area contributed by atoms with Crippen molar-refractivity contribution in [2.24, 2.45) is 0 Å². The van der Waals surface area contributed by atoms with Gasteiger partial charge < -0.3 is 0 Å². The summed E-state index contributed by atoms with van der Waals surface area (Å²) in [5, 5.41) is 0. The van der Waals surface area contributed by atoms with Crippen LogP contribution in [-0.4, -0.2) is 0 Å². The van der Waals surface area contributed by atoms with Crippen molar-refractivity contribution < 1.29 is 0 Å². The van der Waals surface area contributed by atoms with E-state index in [4.69, 9.17) is 0 Å².